The smallest absolute Gasteiger partial charge is 0.276 e. The first-order valence-electron chi connectivity index (χ1n) is 8.58. The minimum atomic E-state index is -0.226. The fourth-order valence-corrected chi connectivity index (χ4v) is 4.19. The van der Waals surface area contributed by atoms with Crippen molar-refractivity contribution in [2.45, 2.75) is 12.8 Å². The van der Waals surface area contributed by atoms with E-state index in [0.717, 1.165) is 47.9 Å². The molecule has 2 N–H and O–H groups in total. The summed E-state index contributed by atoms with van der Waals surface area (Å²) in [5.74, 6) is 0.0721. The third-order valence-corrected chi connectivity index (χ3v) is 5.58. The molecule has 0 unspecified atom stereocenters. The van der Waals surface area contributed by atoms with Crippen molar-refractivity contribution >= 4 is 39.2 Å². The van der Waals surface area contributed by atoms with E-state index in [2.05, 4.69) is 15.0 Å². The predicted octanol–water partition coefficient (Wildman–Crippen LogP) is 3.37. The fraction of sp³-hybridized carbons (Fsp3) is 0.211. The van der Waals surface area contributed by atoms with Crippen molar-refractivity contribution < 1.29 is 4.79 Å². The Morgan fingerprint density at radius 1 is 1.08 bits per heavy atom. The van der Waals surface area contributed by atoms with Gasteiger partial charge in [-0.25, -0.2) is 4.98 Å². The van der Waals surface area contributed by atoms with E-state index in [4.69, 9.17) is 0 Å². The van der Waals surface area contributed by atoms with Gasteiger partial charge in [0, 0.05) is 40.3 Å². The summed E-state index contributed by atoms with van der Waals surface area (Å²) >= 11 is 1.50. The first-order chi connectivity index (χ1) is 12.7. The minimum Gasteiger partial charge on any atom is -0.353 e. The van der Waals surface area contributed by atoms with Crippen LogP contribution >= 0.6 is 11.3 Å². The molecule has 0 atom stereocenters. The SMILES string of the molecule is O=C(c1ccc2[nH]c(-c3nc4cscc4[nH]c3=O)cc2c1)N1CCCC1. The van der Waals surface area contributed by atoms with Crippen molar-refractivity contribution in [2.75, 3.05) is 13.1 Å². The Labute approximate surface area is 152 Å². The van der Waals surface area contributed by atoms with Gasteiger partial charge in [0.15, 0.2) is 5.69 Å². The van der Waals surface area contributed by atoms with Crippen molar-refractivity contribution in [3.63, 3.8) is 0 Å². The zero-order valence-corrected chi connectivity index (χ0v) is 14.7. The van der Waals surface area contributed by atoms with E-state index in [1.54, 1.807) is 0 Å². The van der Waals surface area contributed by atoms with Crippen LogP contribution in [0.15, 0.2) is 39.8 Å². The molecule has 7 heteroatoms. The molecule has 0 bridgehead atoms. The van der Waals surface area contributed by atoms with E-state index in [1.165, 1.54) is 11.3 Å². The van der Waals surface area contributed by atoms with Gasteiger partial charge in [0.25, 0.3) is 11.5 Å². The van der Waals surface area contributed by atoms with Crippen molar-refractivity contribution in [2.24, 2.45) is 0 Å². The van der Waals surface area contributed by atoms with Gasteiger partial charge in [0.2, 0.25) is 0 Å². The number of benzene rings is 1. The van der Waals surface area contributed by atoms with E-state index in [-0.39, 0.29) is 11.5 Å². The van der Waals surface area contributed by atoms with Gasteiger partial charge in [-0.05, 0) is 37.1 Å². The molecule has 1 amide bonds. The lowest BCUT2D eigenvalue weighted by Crippen LogP contribution is -2.27. The fourth-order valence-electron chi connectivity index (χ4n) is 3.50. The van der Waals surface area contributed by atoms with Gasteiger partial charge in [0.1, 0.15) is 0 Å². The third kappa shape index (κ3) is 2.43. The number of carbonyl (C=O) groups excluding carboxylic acids is 1. The molecule has 5 rings (SSSR count). The summed E-state index contributed by atoms with van der Waals surface area (Å²) in [6, 6.07) is 7.49. The standard InChI is InChI=1S/C19H16N4O2S/c24-18-17(21-15-9-26-10-16(15)22-18)14-8-12-7-11(3-4-13(12)20-14)19(25)23-5-1-2-6-23/h3-4,7-10,20H,1-2,5-6H2,(H,22,24). The number of hydrogen-bond acceptors (Lipinski definition) is 4. The van der Waals surface area contributed by atoms with Crippen molar-refractivity contribution in [1.82, 2.24) is 19.9 Å². The number of nitrogens with one attached hydrogen (secondary N) is 2. The zero-order valence-electron chi connectivity index (χ0n) is 13.9. The summed E-state index contributed by atoms with van der Waals surface area (Å²) in [7, 11) is 0. The van der Waals surface area contributed by atoms with Crippen LogP contribution in [0.2, 0.25) is 0 Å². The first kappa shape index (κ1) is 15.3. The highest BCUT2D eigenvalue weighted by Crippen LogP contribution is 2.24. The summed E-state index contributed by atoms with van der Waals surface area (Å²) in [6.45, 7) is 1.66. The molecule has 4 aromatic rings. The predicted molar refractivity (Wildman–Crippen MR) is 103 cm³/mol. The molecule has 4 heterocycles. The topological polar surface area (TPSA) is 81.8 Å². The summed E-state index contributed by atoms with van der Waals surface area (Å²) < 4.78 is 0. The van der Waals surface area contributed by atoms with Gasteiger partial charge in [-0.15, -0.1) is 11.3 Å². The number of likely N-dealkylation sites (tertiary alicyclic amines) is 1. The molecule has 1 fully saturated rings. The van der Waals surface area contributed by atoms with Crippen LogP contribution in [0.5, 0.6) is 0 Å². The Kier molecular flexibility index (Phi) is 3.43. The van der Waals surface area contributed by atoms with Crippen LogP contribution < -0.4 is 5.56 Å². The molecule has 1 aromatic carbocycles. The van der Waals surface area contributed by atoms with Crippen LogP contribution in [0.1, 0.15) is 23.2 Å². The monoisotopic (exact) mass is 364 g/mol. The Bertz CT molecular complexity index is 1200. The van der Waals surface area contributed by atoms with Gasteiger partial charge in [-0.3, -0.25) is 9.59 Å². The van der Waals surface area contributed by atoms with Crippen LogP contribution in [-0.2, 0) is 0 Å². The molecule has 0 saturated carbocycles. The van der Waals surface area contributed by atoms with E-state index in [9.17, 15) is 9.59 Å². The van der Waals surface area contributed by atoms with Crippen molar-refractivity contribution in [3.8, 4) is 11.4 Å². The number of aromatic amines is 2. The van der Waals surface area contributed by atoms with Gasteiger partial charge in [0.05, 0.1) is 16.7 Å². The number of nitrogens with zero attached hydrogens (tertiary/aromatic N) is 2. The second kappa shape index (κ2) is 5.81. The van der Waals surface area contributed by atoms with Gasteiger partial charge in [-0.2, -0.15) is 0 Å². The maximum Gasteiger partial charge on any atom is 0.276 e. The lowest BCUT2D eigenvalue weighted by atomic mass is 10.1. The zero-order chi connectivity index (χ0) is 17.7. The van der Waals surface area contributed by atoms with E-state index in [1.807, 2.05) is 39.9 Å². The van der Waals surface area contributed by atoms with Gasteiger partial charge < -0.3 is 14.9 Å². The Balaban J connectivity index is 1.57. The molecule has 1 saturated heterocycles. The van der Waals surface area contributed by atoms with Crippen LogP contribution in [0.4, 0.5) is 0 Å². The molecule has 0 radical (unpaired) electrons. The highest BCUT2D eigenvalue weighted by molar-refractivity contribution is 7.09. The highest BCUT2D eigenvalue weighted by Gasteiger charge is 2.20. The lowest BCUT2D eigenvalue weighted by molar-refractivity contribution is 0.0793. The summed E-state index contributed by atoms with van der Waals surface area (Å²) in [5, 5.41) is 4.68. The van der Waals surface area contributed by atoms with Gasteiger partial charge in [-0.1, -0.05) is 0 Å². The molecule has 26 heavy (non-hydrogen) atoms. The third-order valence-electron chi connectivity index (χ3n) is 4.85. The van der Waals surface area contributed by atoms with Crippen LogP contribution in [-0.4, -0.2) is 38.8 Å². The number of aromatic nitrogens is 3. The molecular weight excluding hydrogens is 348 g/mol. The number of carbonyl (C=O) groups is 1. The number of H-pyrrole nitrogens is 2. The number of amides is 1. The molecular formula is C19H16N4O2S. The quantitative estimate of drug-likeness (QED) is 0.572. The Hall–Kier alpha value is -2.93. The average molecular weight is 364 g/mol. The first-order valence-corrected chi connectivity index (χ1v) is 9.52. The molecule has 6 nitrogen and oxygen atoms in total. The van der Waals surface area contributed by atoms with Crippen LogP contribution in [0.25, 0.3) is 33.3 Å². The van der Waals surface area contributed by atoms with Crippen molar-refractivity contribution in [1.29, 1.82) is 0 Å². The number of thiophene rings is 1. The lowest BCUT2D eigenvalue weighted by Gasteiger charge is -2.14. The maximum atomic E-state index is 12.6. The number of hydrogen-bond donors (Lipinski definition) is 2. The number of rotatable bonds is 2. The molecule has 1 aliphatic heterocycles. The molecule has 130 valence electrons. The minimum absolute atomic E-state index is 0.0721. The summed E-state index contributed by atoms with van der Waals surface area (Å²) in [6.07, 6.45) is 2.14. The molecule has 3 aromatic heterocycles. The normalized spacial score (nSPS) is 14.5. The molecule has 1 aliphatic rings. The Morgan fingerprint density at radius 2 is 1.92 bits per heavy atom. The maximum absolute atomic E-state index is 12.6. The number of fused-ring (bicyclic) bond motifs is 2. The second-order valence-corrected chi connectivity index (χ2v) is 7.31. The second-order valence-electron chi connectivity index (χ2n) is 6.57. The summed E-state index contributed by atoms with van der Waals surface area (Å²) in [4.78, 5) is 37.4. The van der Waals surface area contributed by atoms with E-state index in [0.29, 0.717) is 17.0 Å². The average Bonchev–Trinajstić information content (AvgIpc) is 3.38. The van der Waals surface area contributed by atoms with Gasteiger partial charge >= 0.3 is 0 Å². The largest absolute Gasteiger partial charge is 0.353 e. The highest BCUT2D eigenvalue weighted by atomic mass is 32.1. The molecule has 0 aliphatic carbocycles. The summed E-state index contributed by atoms with van der Waals surface area (Å²) in [5.41, 5.74) is 3.87. The van der Waals surface area contributed by atoms with Crippen molar-refractivity contribution in [3.05, 3.63) is 50.9 Å². The van der Waals surface area contributed by atoms with E-state index < -0.39 is 0 Å². The van der Waals surface area contributed by atoms with Crippen LogP contribution in [0, 0.1) is 0 Å². The Morgan fingerprint density at radius 3 is 2.77 bits per heavy atom. The van der Waals surface area contributed by atoms with E-state index >= 15 is 0 Å². The molecule has 0 spiro atoms. The van der Waals surface area contributed by atoms with Crippen LogP contribution in [0.3, 0.4) is 0 Å².